The van der Waals surface area contributed by atoms with Gasteiger partial charge in [0.1, 0.15) is 17.6 Å². The van der Waals surface area contributed by atoms with Gasteiger partial charge in [0.2, 0.25) is 0 Å². The molecular weight excluding hydrogens is 267 g/mol. The van der Waals surface area contributed by atoms with Crippen LogP contribution in [0.4, 0.5) is 0 Å². The summed E-state index contributed by atoms with van der Waals surface area (Å²) in [5.74, 6) is 0.0816. The van der Waals surface area contributed by atoms with E-state index >= 15 is 0 Å². The van der Waals surface area contributed by atoms with E-state index in [1.165, 1.54) is 18.4 Å². The van der Waals surface area contributed by atoms with Crippen molar-refractivity contribution in [2.24, 2.45) is 0 Å². The van der Waals surface area contributed by atoms with E-state index in [0.29, 0.717) is 16.5 Å². The van der Waals surface area contributed by atoms with E-state index < -0.39 is 0 Å². The van der Waals surface area contributed by atoms with Gasteiger partial charge in [-0.1, -0.05) is 30.3 Å². The van der Waals surface area contributed by atoms with Crippen molar-refractivity contribution in [2.45, 2.75) is 0 Å². The fourth-order valence-corrected chi connectivity index (χ4v) is 1.93. The van der Waals surface area contributed by atoms with Crippen molar-refractivity contribution >= 4 is 62.4 Å². The molecule has 19 heavy (non-hydrogen) atoms. The van der Waals surface area contributed by atoms with Gasteiger partial charge in [-0.3, -0.25) is 4.79 Å². The van der Waals surface area contributed by atoms with Crippen LogP contribution in [0.5, 0.6) is 5.75 Å². The normalized spacial score (nSPS) is 10.1. The molecule has 0 amide bonds. The van der Waals surface area contributed by atoms with E-state index in [1.807, 2.05) is 30.3 Å². The Morgan fingerprint density at radius 3 is 2.47 bits per heavy atom. The summed E-state index contributed by atoms with van der Waals surface area (Å²) in [5, 5.41) is 9.81. The predicted octanol–water partition coefficient (Wildman–Crippen LogP) is 2.78. The number of phenolic OH excluding ortho intramolecular Hbond substituents is 1. The second kappa shape index (κ2) is 6.03. The van der Waals surface area contributed by atoms with Crippen LogP contribution in [0.1, 0.15) is 0 Å². The molecule has 3 aromatic rings. The van der Waals surface area contributed by atoms with Crippen LogP contribution >= 0.6 is 0 Å². The predicted molar refractivity (Wildman–Crippen MR) is 75.3 cm³/mol. The van der Waals surface area contributed by atoms with Gasteiger partial charge in [0.25, 0.3) is 0 Å². The van der Waals surface area contributed by atoms with Crippen molar-refractivity contribution in [3.63, 3.8) is 0 Å². The van der Waals surface area contributed by atoms with Crippen LogP contribution < -0.4 is 5.43 Å². The van der Waals surface area contributed by atoms with Crippen molar-refractivity contribution in [3.8, 4) is 16.9 Å². The largest absolute Gasteiger partial charge is 0.508 e. The van der Waals surface area contributed by atoms with Crippen molar-refractivity contribution in [1.82, 2.24) is 0 Å². The molecule has 1 aromatic heterocycles. The second-order valence-electron chi connectivity index (χ2n) is 4.02. The first kappa shape index (κ1) is 14.5. The van der Waals surface area contributed by atoms with Crippen LogP contribution in [0.3, 0.4) is 0 Å². The summed E-state index contributed by atoms with van der Waals surface area (Å²) < 4.78 is 5.40. The Kier molecular flexibility index (Phi) is 4.60. The minimum atomic E-state index is -0.0950. The quantitative estimate of drug-likeness (QED) is 0.696. The van der Waals surface area contributed by atoms with Gasteiger partial charge in [-0.15, -0.1) is 0 Å². The Hall–Kier alpha value is -0.914. The first-order valence-electron chi connectivity index (χ1n) is 5.55. The number of aromatic hydroxyl groups is 1. The van der Waals surface area contributed by atoms with E-state index in [-0.39, 0.29) is 62.6 Å². The van der Waals surface area contributed by atoms with Crippen LogP contribution in [-0.4, -0.2) is 56.5 Å². The molecule has 1 N–H and O–H groups in total. The zero-order chi connectivity index (χ0) is 12.5. The Morgan fingerprint density at radius 2 is 1.74 bits per heavy atom. The molecule has 0 aliphatic rings. The first-order chi connectivity index (χ1) is 8.75. The molecule has 0 spiro atoms. The molecule has 3 nitrogen and oxygen atoms in total. The zero-order valence-corrected chi connectivity index (χ0v) is 13.6. The SMILES string of the molecule is O=c1c(-c2ccccc2)coc2cc(O)ccc12.[K]. The average molecular weight is 277 g/mol. The maximum Gasteiger partial charge on any atom is 0.200 e. The van der Waals surface area contributed by atoms with Crippen LogP contribution in [0.15, 0.2) is 64.0 Å². The third-order valence-electron chi connectivity index (χ3n) is 2.84. The molecule has 1 radical (unpaired) electrons. The summed E-state index contributed by atoms with van der Waals surface area (Å²) in [5.41, 5.74) is 1.64. The third kappa shape index (κ3) is 2.83. The Bertz CT molecular complexity index is 763. The standard InChI is InChI=1S/C15H10O3.K/c16-11-6-7-12-14(8-11)18-9-13(15(12)17)10-4-2-1-3-5-10;/h1-9,16H;. The number of hydrogen-bond donors (Lipinski definition) is 1. The summed E-state index contributed by atoms with van der Waals surface area (Å²) in [6.45, 7) is 0. The smallest absolute Gasteiger partial charge is 0.200 e. The summed E-state index contributed by atoms with van der Waals surface area (Å²) in [6, 6.07) is 13.8. The fraction of sp³-hybridized carbons (Fsp3) is 0. The van der Waals surface area contributed by atoms with Crippen LogP contribution in [0.2, 0.25) is 0 Å². The maximum absolute atomic E-state index is 12.3. The van der Waals surface area contributed by atoms with Crippen molar-refractivity contribution in [2.75, 3.05) is 0 Å². The summed E-state index contributed by atoms with van der Waals surface area (Å²) in [4.78, 5) is 12.3. The molecule has 0 atom stereocenters. The monoisotopic (exact) mass is 277 g/mol. The van der Waals surface area contributed by atoms with Gasteiger partial charge in [0.15, 0.2) is 5.43 Å². The van der Waals surface area contributed by atoms with Gasteiger partial charge in [-0.2, -0.15) is 0 Å². The Morgan fingerprint density at radius 1 is 1.00 bits per heavy atom. The zero-order valence-electron chi connectivity index (χ0n) is 10.5. The molecular formula is C15H10KO3. The van der Waals surface area contributed by atoms with Gasteiger partial charge in [0, 0.05) is 57.5 Å². The van der Waals surface area contributed by atoms with Gasteiger partial charge < -0.3 is 9.52 Å². The van der Waals surface area contributed by atoms with E-state index in [4.69, 9.17) is 4.42 Å². The summed E-state index contributed by atoms with van der Waals surface area (Å²) >= 11 is 0. The number of benzene rings is 2. The number of rotatable bonds is 1. The van der Waals surface area contributed by atoms with Crippen LogP contribution in [0.25, 0.3) is 22.1 Å². The molecule has 89 valence electrons. The fourth-order valence-electron chi connectivity index (χ4n) is 1.93. The first-order valence-corrected chi connectivity index (χ1v) is 5.55. The van der Waals surface area contributed by atoms with E-state index in [9.17, 15) is 9.90 Å². The number of phenols is 1. The van der Waals surface area contributed by atoms with E-state index in [0.717, 1.165) is 5.56 Å². The summed E-state index contributed by atoms with van der Waals surface area (Å²) in [6.07, 6.45) is 1.43. The molecule has 1 heterocycles. The molecule has 0 fully saturated rings. The molecule has 0 saturated heterocycles. The third-order valence-corrected chi connectivity index (χ3v) is 2.84. The maximum atomic E-state index is 12.3. The molecule has 0 bridgehead atoms. The van der Waals surface area contributed by atoms with E-state index in [1.54, 1.807) is 6.07 Å². The van der Waals surface area contributed by atoms with Gasteiger partial charge >= 0.3 is 0 Å². The van der Waals surface area contributed by atoms with Crippen molar-refractivity contribution in [1.29, 1.82) is 0 Å². The molecule has 0 saturated carbocycles. The molecule has 0 aliphatic carbocycles. The second-order valence-corrected chi connectivity index (χ2v) is 4.02. The van der Waals surface area contributed by atoms with Gasteiger partial charge in [-0.05, 0) is 17.7 Å². The Labute approximate surface area is 152 Å². The molecule has 0 aliphatic heterocycles. The van der Waals surface area contributed by atoms with Crippen molar-refractivity contribution < 1.29 is 9.52 Å². The summed E-state index contributed by atoms with van der Waals surface area (Å²) in [7, 11) is 0. The molecule has 3 rings (SSSR count). The minimum absolute atomic E-state index is 0. The van der Waals surface area contributed by atoms with Crippen LogP contribution in [0, 0.1) is 0 Å². The van der Waals surface area contributed by atoms with Gasteiger partial charge in [-0.25, -0.2) is 0 Å². The molecule has 0 unspecified atom stereocenters. The van der Waals surface area contributed by atoms with Crippen LogP contribution in [-0.2, 0) is 0 Å². The number of fused-ring (bicyclic) bond motifs is 1. The van der Waals surface area contributed by atoms with Gasteiger partial charge in [0.05, 0.1) is 10.9 Å². The molecule has 2 aromatic carbocycles. The topological polar surface area (TPSA) is 50.4 Å². The molecule has 4 heteroatoms. The van der Waals surface area contributed by atoms with E-state index in [2.05, 4.69) is 0 Å². The average Bonchev–Trinajstić information content (AvgIpc) is 2.40. The Balaban J connectivity index is 0.00000133. The minimum Gasteiger partial charge on any atom is -0.508 e. The number of hydrogen-bond acceptors (Lipinski definition) is 3. The van der Waals surface area contributed by atoms with Crippen molar-refractivity contribution in [3.05, 3.63) is 65.0 Å².